The predicted molar refractivity (Wildman–Crippen MR) is 71.8 cm³/mol. The first kappa shape index (κ1) is 13.9. The number of benzene rings is 1. The second-order valence-electron chi connectivity index (χ2n) is 4.35. The zero-order chi connectivity index (χ0) is 14.0. The van der Waals surface area contributed by atoms with Crippen LogP contribution < -0.4 is 4.90 Å². The second-order valence-corrected chi connectivity index (χ2v) is 5.77. The minimum Gasteiger partial charge on any atom is -0.396 e. The Labute approximate surface area is 113 Å². The molecule has 1 aromatic carbocycles. The molecule has 1 aliphatic heterocycles. The molecule has 0 spiro atoms. The van der Waals surface area contributed by atoms with Crippen LogP contribution in [0, 0.1) is 0 Å². The van der Waals surface area contributed by atoms with E-state index < -0.39 is 10.8 Å². The van der Waals surface area contributed by atoms with E-state index in [0.29, 0.717) is 29.1 Å². The number of hydrogen-bond donors (Lipinski definition) is 1. The van der Waals surface area contributed by atoms with Crippen molar-refractivity contribution in [1.82, 2.24) is 0 Å². The van der Waals surface area contributed by atoms with Crippen LogP contribution in [0.25, 0.3) is 0 Å². The lowest BCUT2D eigenvalue weighted by atomic mass is 10.1. The number of Topliss-reactive ketones (excluding diaryl/α,β-unsaturated/α-hetero) is 1. The van der Waals surface area contributed by atoms with Gasteiger partial charge < -0.3 is 10.0 Å². The number of amides is 1. The highest BCUT2D eigenvalue weighted by atomic mass is 32.2. The molecule has 1 aliphatic rings. The van der Waals surface area contributed by atoms with E-state index in [1.165, 1.54) is 11.8 Å². The van der Waals surface area contributed by atoms with Gasteiger partial charge in [0.1, 0.15) is 5.75 Å². The molecule has 1 aromatic rings. The van der Waals surface area contributed by atoms with Crippen molar-refractivity contribution < 1.29 is 18.9 Å². The third-order valence-electron chi connectivity index (χ3n) is 3.00. The molecule has 1 atom stereocenters. The van der Waals surface area contributed by atoms with Gasteiger partial charge in [0.05, 0.1) is 21.4 Å². The molecule has 5 nitrogen and oxygen atoms in total. The number of fused-ring (bicyclic) bond motifs is 1. The monoisotopic (exact) mass is 281 g/mol. The van der Waals surface area contributed by atoms with E-state index in [1.54, 1.807) is 18.2 Å². The highest BCUT2D eigenvalue weighted by molar-refractivity contribution is 7.86. The number of hydrogen-bond acceptors (Lipinski definition) is 4. The molecule has 0 aliphatic carbocycles. The predicted octanol–water partition coefficient (Wildman–Crippen LogP) is 0.726. The molecule has 1 unspecified atom stereocenters. The number of ketones is 1. The summed E-state index contributed by atoms with van der Waals surface area (Å²) in [6, 6.07) is 4.86. The minimum atomic E-state index is -1.36. The van der Waals surface area contributed by atoms with E-state index >= 15 is 0 Å². The molecule has 1 amide bonds. The molecule has 102 valence electrons. The zero-order valence-electron chi connectivity index (χ0n) is 10.6. The third kappa shape index (κ3) is 2.74. The van der Waals surface area contributed by atoms with Crippen molar-refractivity contribution in [2.24, 2.45) is 0 Å². The Kier molecular flexibility index (Phi) is 4.11. The van der Waals surface area contributed by atoms with Crippen LogP contribution in [-0.4, -0.2) is 39.9 Å². The maximum Gasteiger partial charge on any atom is 0.240 e. The molecule has 0 bridgehead atoms. The van der Waals surface area contributed by atoms with Crippen LogP contribution in [0.15, 0.2) is 23.1 Å². The smallest absolute Gasteiger partial charge is 0.240 e. The van der Waals surface area contributed by atoms with Gasteiger partial charge in [0.2, 0.25) is 5.91 Å². The van der Waals surface area contributed by atoms with Crippen LogP contribution in [0.4, 0.5) is 5.69 Å². The molecule has 1 N–H and O–H groups in total. The summed E-state index contributed by atoms with van der Waals surface area (Å²) in [5.41, 5.74) is 1.01. The van der Waals surface area contributed by atoms with Crippen LogP contribution in [0.5, 0.6) is 0 Å². The van der Waals surface area contributed by atoms with Gasteiger partial charge in [0.25, 0.3) is 0 Å². The van der Waals surface area contributed by atoms with Gasteiger partial charge in [-0.3, -0.25) is 13.8 Å². The second kappa shape index (κ2) is 5.63. The topological polar surface area (TPSA) is 74.7 Å². The van der Waals surface area contributed by atoms with Crippen LogP contribution in [0.3, 0.4) is 0 Å². The fourth-order valence-electron chi connectivity index (χ4n) is 2.02. The van der Waals surface area contributed by atoms with Crippen molar-refractivity contribution in [3.63, 3.8) is 0 Å². The minimum absolute atomic E-state index is 0.0192. The van der Waals surface area contributed by atoms with Crippen molar-refractivity contribution in [3.05, 3.63) is 23.8 Å². The van der Waals surface area contributed by atoms with E-state index in [-0.39, 0.29) is 24.1 Å². The first-order valence-corrected chi connectivity index (χ1v) is 7.31. The van der Waals surface area contributed by atoms with Gasteiger partial charge in [-0.25, -0.2) is 0 Å². The Balaban J connectivity index is 2.46. The summed E-state index contributed by atoms with van der Waals surface area (Å²) in [6.07, 6.45) is 0.447. The maximum atomic E-state index is 11.9. The molecule has 1 heterocycles. The standard InChI is InChI=1S/C13H15NO4S/c1-9(16)10-3-4-12-11(7-10)14(5-2-6-15)13(17)8-19(12)18/h3-4,7,15H,2,5-6,8H2,1H3. The van der Waals surface area contributed by atoms with E-state index in [0.717, 1.165) is 0 Å². The van der Waals surface area contributed by atoms with Crippen LogP contribution >= 0.6 is 0 Å². The van der Waals surface area contributed by atoms with Gasteiger partial charge in [0, 0.05) is 18.7 Å². The Morgan fingerprint density at radius 1 is 1.47 bits per heavy atom. The van der Waals surface area contributed by atoms with E-state index in [1.807, 2.05) is 0 Å². The van der Waals surface area contributed by atoms with Crippen molar-refractivity contribution in [1.29, 1.82) is 0 Å². The Morgan fingerprint density at radius 3 is 2.84 bits per heavy atom. The fraction of sp³-hybridized carbons (Fsp3) is 0.385. The first-order valence-electron chi connectivity index (χ1n) is 5.99. The molecule has 19 heavy (non-hydrogen) atoms. The lowest BCUT2D eigenvalue weighted by Crippen LogP contribution is -2.40. The fourth-order valence-corrected chi connectivity index (χ4v) is 3.17. The van der Waals surface area contributed by atoms with Crippen molar-refractivity contribution in [2.45, 2.75) is 18.2 Å². The Bertz CT molecular complexity index is 556. The largest absolute Gasteiger partial charge is 0.396 e. The van der Waals surface area contributed by atoms with Gasteiger partial charge in [0.15, 0.2) is 5.78 Å². The summed E-state index contributed by atoms with van der Waals surface area (Å²) in [5.74, 6) is -0.383. The summed E-state index contributed by atoms with van der Waals surface area (Å²) < 4.78 is 11.9. The summed E-state index contributed by atoms with van der Waals surface area (Å²) >= 11 is 0. The molecule has 0 saturated carbocycles. The molecular weight excluding hydrogens is 266 g/mol. The summed E-state index contributed by atoms with van der Waals surface area (Å²) in [6.45, 7) is 1.79. The van der Waals surface area contributed by atoms with Gasteiger partial charge in [-0.2, -0.15) is 0 Å². The number of anilines is 1. The van der Waals surface area contributed by atoms with Crippen LogP contribution in [0.1, 0.15) is 23.7 Å². The lowest BCUT2D eigenvalue weighted by Gasteiger charge is -2.29. The normalized spacial score (nSPS) is 18.3. The summed E-state index contributed by atoms with van der Waals surface area (Å²) in [7, 11) is -1.36. The van der Waals surface area contributed by atoms with Crippen molar-refractivity contribution in [2.75, 3.05) is 23.8 Å². The molecule has 0 aromatic heterocycles. The third-order valence-corrected chi connectivity index (χ3v) is 4.34. The molecule has 2 rings (SSSR count). The number of carbonyl (C=O) groups excluding carboxylic acids is 2. The first-order chi connectivity index (χ1) is 9.04. The molecule has 0 fully saturated rings. The lowest BCUT2D eigenvalue weighted by molar-refractivity contribution is -0.116. The van der Waals surface area contributed by atoms with Gasteiger partial charge in [-0.1, -0.05) is 6.07 Å². The van der Waals surface area contributed by atoms with E-state index in [2.05, 4.69) is 0 Å². The average molecular weight is 281 g/mol. The van der Waals surface area contributed by atoms with Gasteiger partial charge in [-0.15, -0.1) is 0 Å². The number of nitrogens with zero attached hydrogens (tertiary/aromatic N) is 1. The number of rotatable bonds is 4. The molecular formula is C13H15NO4S. The molecule has 6 heteroatoms. The van der Waals surface area contributed by atoms with Crippen LogP contribution in [0.2, 0.25) is 0 Å². The Morgan fingerprint density at radius 2 is 2.21 bits per heavy atom. The maximum absolute atomic E-state index is 11.9. The van der Waals surface area contributed by atoms with Gasteiger partial charge >= 0.3 is 0 Å². The highest BCUT2D eigenvalue weighted by Crippen LogP contribution is 2.30. The number of carbonyl (C=O) groups is 2. The highest BCUT2D eigenvalue weighted by Gasteiger charge is 2.29. The summed E-state index contributed by atoms with van der Waals surface area (Å²) in [5, 5.41) is 8.87. The van der Waals surface area contributed by atoms with E-state index in [4.69, 9.17) is 5.11 Å². The number of aliphatic hydroxyl groups excluding tert-OH is 1. The SMILES string of the molecule is CC(=O)c1ccc2c(c1)N(CCCO)C(=O)CS2=O. The van der Waals surface area contributed by atoms with Crippen molar-refractivity contribution >= 4 is 28.2 Å². The molecule has 0 saturated heterocycles. The quantitative estimate of drug-likeness (QED) is 0.825. The van der Waals surface area contributed by atoms with E-state index in [9.17, 15) is 13.8 Å². The average Bonchev–Trinajstić information content (AvgIpc) is 2.37. The van der Waals surface area contributed by atoms with Crippen molar-refractivity contribution in [3.8, 4) is 0 Å². The van der Waals surface area contributed by atoms with Crippen LogP contribution in [-0.2, 0) is 15.6 Å². The van der Waals surface area contributed by atoms with Gasteiger partial charge in [-0.05, 0) is 25.5 Å². The Hall–Kier alpha value is -1.53. The number of aliphatic hydroxyl groups is 1. The molecule has 0 radical (unpaired) electrons. The zero-order valence-corrected chi connectivity index (χ0v) is 11.4. The summed E-state index contributed by atoms with van der Waals surface area (Å²) in [4.78, 5) is 25.4.